The molecule has 0 atom stereocenters. The Bertz CT molecular complexity index is 1820. The number of carbonyl (C=O) groups excluding carboxylic acids is 1. The van der Waals surface area contributed by atoms with Crippen molar-refractivity contribution < 1.29 is 22.3 Å². The number of benzene rings is 3. The highest BCUT2D eigenvalue weighted by Crippen LogP contribution is 2.30. The topological polar surface area (TPSA) is 132 Å². The van der Waals surface area contributed by atoms with Crippen LogP contribution in [0, 0.1) is 19.7 Å². The highest BCUT2D eigenvalue weighted by atomic mass is 32.2. The molecule has 0 saturated carbocycles. The van der Waals surface area contributed by atoms with Gasteiger partial charge in [-0.05, 0) is 73.5 Å². The van der Waals surface area contributed by atoms with E-state index in [2.05, 4.69) is 14.8 Å². The Morgan fingerprint density at radius 2 is 1.82 bits per heavy atom. The molecule has 11 heteroatoms. The highest BCUT2D eigenvalue weighted by molar-refractivity contribution is 7.92. The number of aromatic amines is 1. The summed E-state index contributed by atoms with van der Waals surface area (Å²) >= 11 is 0. The lowest BCUT2D eigenvalue weighted by Crippen LogP contribution is -2.10. The molecule has 0 radical (unpaired) electrons. The summed E-state index contributed by atoms with van der Waals surface area (Å²) in [7, 11) is -3.46. The van der Waals surface area contributed by atoms with Gasteiger partial charge in [0, 0.05) is 10.9 Å². The molecule has 9 nitrogen and oxygen atoms in total. The van der Waals surface area contributed by atoms with Crippen molar-refractivity contribution in [2.75, 3.05) is 16.7 Å². The number of fused-ring (bicyclic) bond motifs is 1. The maximum atomic E-state index is 14.0. The molecule has 5 aromatic rings. The molecular formula is C27H24FN5O4S. The van der Waals surface area contributed by atoms with Gasteiger partial charge >= 0.3 is 0 Å². The van der Waals surface area contributed by atoms with E-state index in [9.17, 15) is 17.6 Å². The first-order valence-corrected chi connectivity index (χ1v) is 13.4. The number of ether oxygens (including phenoxy) is 1. The molecule has 0 spiro atoms. The quantitative estimate of drug-likeness (QED) is 0.250. The molecule has 0 aliphatic carbocycles. The zero-order valence-electron chi connectivity index (χ0n) is 20.7. The molecule has 0 amide bonds. The van der Waals surface area contributed by atoms with Gasteiger partial charge in [0.2, 0.25) is 15.8 Å². The molecule has 5 rings (SSSR count). The maximum Gasteiger partial charge on any atom is 0.229 e. The van der Waals surface area contributed by atoms with Crippen LogP contribution in [0.1, 0.15) is 27.2 Å². The van der Waals surface area contributed by atoms with Crippen LogP contribution in [0.4, 0.5) is 15.9 Å². The van der Waals surface area contributed by atoms with Crippen molar-refractivity contribution in [1.82, 2.24) is 14.8 Å². The number of hydrogen-bond acceptors (Lipinski definition) is 6. The fourth-order valence-electron chi connectivity index (χ4n) is 4.14. The summed E-state index contributed by atoms with van der Waals surface area (Å²) in [6.07, 6.45) is 2.47. The Hall–Kier alpha value is -4.64. The number of sulfonamides is 1. The van der Waals surface area contributed by atoms with Gasteiger partial charge in [-0.25, -0.2) is 17.5 Å². The van der Waals surface area contributed by atoms with E-state index in [4.69, 9.17) is 10.5 Å². The minimum atomic E-state index is -3.46. The Kier molecular flexibility index (Phi) is 6.15. The number of nitrogens with one attached hydrogen (secondary N) is 2. The average molecular weight is 534 g/mol. The lowest BCUT2D eigenvalue weighted by Gasteiger charge is -2.12. The maximum absolute atomic E-state index is 14.0. The van der Waals surface area contributed by atoms with Gasteiger partial charge in [0.25, 0.3) is 0 Å². The minimum Gasteiger partial charge on any atom is -0.454 e. The van der Waals surface area contributed by atoms with Crippen molar-refractivity contribution in [3.63, 3.8) is 0 Å². The van der Waals surface area contributed by atoms with Gasteiger partial charge in [-0.3, -0.25) is 9.52 Å². The summed E-state index contributed by atoms with van der Waals surface area (Å²) < 4.78 is 46.9. The number of anilines is 2. The third-order valence-electron chi connectivity index (χ3n) is 6.02. The van der Waals surface area contributed by atoms with Gasteiger partial charge in [0.1, 0.15) is 11.6 Å². The minimum absolute atomic E-state index is 0.114. The highest BCUT2D eigenvalue weighted by Gasteiger charge is 2.21. The Morgan fingerprint density at radius 3 is 2.53 bits per heavy atom. The van der Waals surface area contributed by atoms with Crippen LogP contribution in [-0.4, -0.2) is 35.2 Å². The van der Waals surface area contributed by atoms with Crippen LogP contribution in [0.15, 0.2) is 66.9 Å². The summed E-state index contributed by atoms with van der Waals surface area (Å²) in [5.74, 6) is -0.102. The molecule has 0 aliphatic heterocycles. The summed E-state index contributed by atoms with van der Waals surface area (Å²) in [6.45, 7) is 3.59. The first kappa shape index (κ1) is 25.0. The number of halogens is 1. The number of rotatable bonds is 7. The normalized spacial score (nSPS) is 11.6. The second-order valence-electron chi connectivity index (χ2n) is 8.98. The molecule has 0 fully saturated rings. The molecule has 2 heterocycles. The first-order chi connectivity index (χ1) is 18.0. The van der Waals surface area contributed by atoms with Gasteiger partial charge < -0.3 is 15.5 Å². The summed E-state index contributed by atoms with van der Waals surface area (Å²) in [5, 5.41) is 5.05. The zero-order valence-corrected chi connectivity index (χ0v) is 21.6. The van der Waals surface area contributed by atoms with Crippen LogP contribution in [0.5, 0.6) is 11.5 Å². The molecule has 4 N–H and O–H groups in total. The Balaban J connectivity index is 1.43. The molecule has 0 aliphatic rings. The van der Waals surface area contributed by atoms with Crippen LogP contribution in [0.3, 0.4) is 0 Å². The molecule has 0 unspecified atom stereocenters. The van der Waals surface area contributed by atoms with E-state index in [0.717, 1.165) is 17.2 Å². The number of nitrogens with zero attached hydrogens (tertiary/aromatic N) is 2. The van der Waals surface area contributed by atoms with Crippen molar-refractivity contribution in [3.05, 3.63) is 95.1 Å². The molecule has 2 aromatic heterocycles. The second kappa shape index (κ2) is 9.34. The molecule has 194 valence electrons. The number of nitrogens with two attached hydrogens (primary N) is 1. The smallest absolute Gasteiger partial charge is 0.229 e. The average Bonchev–Trinajstić information content (AvgIpc) is 3.43. The third kappa shape index (κ3) is 4.83. The third-order valence-corrected chi connectivity index (χ3v) is 6.61. The number of aryl methyl sites for hydroxylation is 2. The van der Waals surface area contributed by atoms with Crippen LogP contribution in [0.2, 0.25) is 0 Å². The second-order valence-corrected chi connectivity index (χ2v) is 10.7. The van der Waals surface area contributed by atoms with Crippen LogP contribution < -0.4 is 15.2 Å². The molecule has 0 saturated heterocycles. The standard InChI is InChI=1S/C27H24FN5O4S/c1-15-10-17-12-23(31-22(17)13-21(15)32-38(3,35)36)26(34)19-14-30-33(27(19)29)18-8-9-24(16(2)11-18)37-25-7-5-4-6-20(25)28/h4-14,31-32H,29H2,1-3H3. The van der Waals surface area contributed by atoms with Gasteiger partial charge in [-0.2, -0.15) is 5.10 Å². The molecule has 38 heavy (non-hydrogen) atoms. The Labute approximate surface area is 218 Å². The van der Waals surface area contributed by atoms with E-state index < -0.39 is 15.8 Å². The summed E-state index contributed by atoms with van der Waals surface area (Å²) in [6, 6.07) is 16.4. The lowest BCUT2D eigenvalue weighted by atomic mass is 10.1. The van der Waals surface area contributed by atoms with Crippen molar-refractivity contribution in [2.45, 2.75) is 13.8 Å². The first-order valence-electron chi connectivity index (χ1n) is 11.5. The molecular weight excluding hydrogens is 509 g/mol. The lowest BCUT2D eigenvalue weighted by molar-refractivity contribution is 0.103. The van der Waals surface area contributed by atoms with Crippen molar-refractivity contribution in [1.29, 1.82) is 0 Å². The summed E-state index contributed by atoms with van der Waals surface area (Å²) in [5.41, 5.74) is 9.86. The number of carbonyl (C=O) groups is 1. The molecule has 3 aromatic carbocycles. The van der Waals surface area contributed by atoms with Crippen molar-refractivity contribution >= 4 is 38.2 Å². The summed E-state index contributed by atoms with van der Waals surface area (Å²) in [4.78, 5) is 16.3. The largest absolute Gasteiger partial charge is 0.454 e. The van der Waals surface area contributed by atoms with E-state index in [1.807, 2.05) is 6.92 Å². The monoisotopic (exact) mass is 533 g/mol. The fourth-order valence-corrected chi connectivity index (χ4v) is 4.76. The Morgan fingerprint density at radius 1 is 1.05 bits per heavy atom. The van der Waals surface area contributed by atoms with Gasteiger partial charge in [-0.1, -0.05) is 12.1 Å². The predicted octanol–water partition coefficient (Wildman–Crippen LogP) is 5.09. The van der Waals surface area contributed by atoms with E-state index in [0.29, 0.717) is 28.2 Å². The number of hydrogen-bond donors (Lipinski definition) is 3. The zero-order chi connectivity index (χ0) is 27.2. The number of aromatic nitrogens is 3. The van der Waals surface area contributed by atoms with Crippen LogP contribution in [-0.2, 0) is 10.0 Å². The van der Waals surface area contributed by atoms with E-state index in [1.54, 1.807) is 61.5 Å². The van der Waals surface area contributed by atoms with E-state index in [1.165, 1.54) is 16.9 Å². The fraction of sp³-hybridized carbons (Fsp3) is 0.111. The van der Waals surface area contributed by atoms with Gasteiger partial charge in [-0.15, -0.1) is 0 Å². The van der Waals surface area contributed by atoms with Gasteiger partial charge in [0.05, 0.1) is 35.1 Å². The van der Waals surface area contributed by atoms with Crippen molar-refractivity contribution in [2.24, 2.45) is 0 Å². The number of nitrogen functional groups attached to an aromatic ring is 1. The van der Waals surface area contributed by atoms with Gasteiger partial charge in [0.15, 0.2) is 11.6 Å². The SMILES string of the molecule is Cc1cc2cc(C(=O)c3cnn(-c4ccc(Oc5ccccc5F)c(C)c4)c3N)[nH]c2cc1NS(C)(=O)=O. The van der Waals surface area contributed by atoms with E-state index >= 15 is 0 Å². The van der Waals surface area contributed by atoms with E-state index in [-0.39, 0.29) is 28.6 Å². The predicted molar refractivity (Wildman–Crippen MR) is 144 cm³/mol. The number of para-hydroxylation sites is 1. The van der Waals surface area contributed by atoms with Crippen LogP contribution >= 0.6 is 0 Å². The number of ketones is 1. The van der Waals surface area contributed by atoms with Crippen molar-refractivity contribution in [3.8, 4) is 17.2 Å². The van der Waals surface area contributed by atoms with Crippen LogP contribution in [0.25, 0.3) is 16.6 Å². The molecule has 0 bridgehead atoms. The number of H-pyrrole nitrogens is 1.